The van der Waals surface area contributed by atoms with Gasteiger partial charge in [0.05, 0.1) is 0 Å². The van der Waals surface area contributed by atoms with Crippen LogP contribution in [0.25, 0.3) is 0 Å². The van der Waals surface area contributed by atoms with Crippen molar-refractivity contribution in [2.24, 2.45) is 0 Å². The fraction of sp³-hybridized carbons (Fsp3) is 0.500. The van der Waals surface area contributed by atoms with Crippen LogP contribution in [0, 0.1) is 6.92 Å². The first-order valence-electron chi connectivity index (χ1n) is 12.7. The smallest absolute Gasteiger partial charge is 0.249 e. The van der Waals surface area contributed by atoms with Crippen LogP contribution in [0.3, 0.4) is 0 Å². The highest BCUT2D eigenvalue weighted by Crippen LogP contribution is 2.27. The maximum Gasteiger partial charge on any atom is 0.249 e. The number of carbonyl (C=O) groups excluding carboxylic acids is 2. The Hall–Kier alpha value is -2.74. The normalized spacial score (nSPS) is 20.4. The van der Waals surface area contributed by atoms with E-state index in [-0.39, 0.29) is 24.5 Å². The molecule has 0 spiro atoms. The molecule has 0 aromatic heterocycles. The zero-order valence-corrected chi connectivity index (χ0v) is 21.0. The van der Waals surface area contributed by atoms with Crippen molar-refractivity contribution in [3.63, 3.8) is 0 Å². The number of amides is 2. The van der Waals surface area contributed by atoms with Crippen LogP contribution in [0.1, 0.15) is 23.1 Å². The van der Waals surface area contributed by atoms with Crippen LogP contribution in [0.2, 0.25) is 0 Å². The number of ether oxygens (including phenoxy) is 1. The summed E-state index contributed by atoms with van der Waals surface area (Å²) in [6.07, 6.45) is 1.57. The van der Waals surface area contributed by atoms with Crippen LogP contribution in [-0.4, -0.2) is 91.6 Å². The first kappa shape index (κ1) is 25.4. The van der Waals surface area contributed by atoms with Crippen molar-refractivity contribution in [1.82, 2.24) is 20.0 Å². The van der Waals surface area contributed by atoms with Crippen molar-refractivity contribution in [3.8, 4) is 0 Å². The summed E-state index contributed by atoms with van der Waals surface area (Å²) >= 11 is 0. The molecular formula is C28H38N4O3. The van der Waals surface area contributed by atoms with Crippen LogP contribution < -0.4 is 5.32 Å². The van der Waals surface area contributed by atoms with E-state index in [9.17, 15) is 9.59 Å². The second kappa shape index (κ2) is 12.3. The number of benzene rings is 2. The van der Waals surface area contributed by atoms with Gasteiger partial charge in [-0.2, -0.15) is 0 Å². The monoisotopic (exact) mass is 478 g/mol. The zero-order chi connectivity index (χ0) is 24.6. The molecule has 2 saturated heterocycles. The molecule has 2 aliphatic rings. The van der Waals surface area contributed by atoms with Crippen LogP contribution in [-0.2, 0) is 27.3 Å². The second-order valence-corrected chi connectivity index (χ2v) is 9.59. The highest BCUT2D eigenvalue weighted by Gasteiger charge is 2.43. The van der Waals surface area contributed by atoms with Gasteiger partial charge in [-0.25, -0.2) is 0 Å². The van der Waals surface area contributed by atoms with E-state index in [0.29, 0.717) is 26.1 Å². The Kier molecular flexibility index (Phi) is 8.90. The van der Waals surface area contributed by atoms with E-state index in [1.165, 1.54) is 23.8 Å². The molecule has 4 rings (SSSR count). The van der Waals surface area contributed by atoms with E-state index in [1.807, 2.05) is 11.0 Å². The maximum absolute atomic E-state index is 13.5. The van der Waals surface area contributed by atoms with Crippen molar-refractivity contribution in [2.45, 2.75) is 38.4 Å². The summed E-state index contributed by atoms with van der Waals surface area (Å²) in [7, 11) is 1.53. The molecule has 0 bridgehead atoms. The third-order valence-electron chi connectivity index (χ3n) is 7.26. The van der Waals surface area contributed by atoms with E-state index >= 15 is 0 Å². The molecule has 2 unspecified atom stereocenters. The molecule has 1 N–H and O–H groups in total. The molecule has 7 nitrogen and oxygen atoms in total. The minimum Gasteiger partial charge on any atom is -0.375 e. The number of rotatable bonds is 9. The minimum absolute atomic E-state index is 0.000135. The van der Waals surface area contributed by atoms with E-state index in [0.717, 1.165) is 32.6 Å². The number of hydrogen-bond acceptors (Lipinski definition) is 5. The topological polar surface area (TPSA) is 65.1 Å². The summed E-state index contributed by atoms with van der Waals surface area (Å²) in [5, 5.41) is 3.30. The van der Waals surface area contributed by atoms with Crippen molar-refractivity contribution in [3.05, 3.63) is 71.3 Å². The molecule has 2 aromatic rings. The van der Waals surface area contributed by atoms with Crippen molar-refractivity contribution < 1.29 is 14.3 Å². The van der Waals surface area contributed by atoms with Gasteiger partial charge >= 0.3 is 0 Å². The van der Waals surface area contributed by atoms with Gasteiger partial charge in [-0.1, -0.05) is 54.6 Å². The quantitative estimate of drug-likeness (QED) is 0.598. The molecular weight excluding hydrogens is 440 g/mol. The Morgan fingerprint density at radius 1 is 1.06 bits per heavy atom. The molecule has 2 aliphatic heterocycles. The molecule has 0 saturated carbocycles. The third kappa shape index (κ3) is 6.48. The standard InChI is InChI=1S/C28H38N4O3/c1-22-8-6-7-11-24(22)19-31(15-12-23-9-4-3-5-10-23)25-18-26(32(20-25)27(33)21-35-2)28(34)30-16-13-29-14-17-30/h3-11,25-26,29H,12-21H2,1-2H3. The summed E-state index contributed by atoms with van der Waals surface area (Å²) < 4.78 is 5.16. The Morgan fingerprint density at radius 3 is 2.49 bits per heavy atom. The van der Waals surface area contributed by atoms with E-state index in [4.69, 9.17) is 4.74 Å². The van der Waals surface area contributed by atoms with Gasteiger partial charge in [0.15, 0.2) is 0 Å². The fourth-order valence-electron chi connectivity index (χ4n) is 5.20. The number of hydrogen-bond donors (Lipinski definition) is 1. The molecule has 2 atom stereocenters. The summed E-state index contributed by atoms with van der Waals surface area (Å²) in [6.45, 7) is 7.32. The van der Waals surface area contributed by atoms with Gasteiger partial charge in [-0.3, -0.25) is 14.5 Å². The molecule has 7 heteroatoms. The predicted octanol–water partition coefficient (Wildman–Crippen LogP) is 2.09. The van der Waals surface area contributed by atoms with Crippen molar-refractivity contribution >= 4 is 11.8 Å². The fourth-order valence-corrected chi connectivity index (χ4v) is 5.20. The molecule has 2 amide bonds. The number of methoxy groups -OCH3 is 1. The number of aryl methyl sites for hydroxylation is 1. The van der Waals surface area contributed by atoms with Gasteiger partial charge in [0.25, 0.3) is 0 Å². The van der Waals surface area contributed by atoms with Gasteiger partial charge in [0.1, 0.15) is 12.6 Å². The van der Waals surface area contributed by atoms with Crippen LogP contribution >= 0.6 is 0 Å². The summed E-state index contributed by atoms with van der Waals surface area (Å²) in [5.41, 5.74) is 3.84. The lowest BCUT2D eigenvalue weighted by molar-refractivity contribution is -0.146. The summed E-state index contributed by atoms with van der Waals surface area (Å²) in [4.78, 5) is 32.7. The average molecular weight is 479 g/mol. The van der Waals surface area contributed by atoms with Gasteiger partial charge in [0, 0.05) is 59.0 Å². The van der Waals surface area contributed by atoms with Crippen molar-refractivity contribution in [2.75, 3.05) is 53.0 Å². The first-order valence-corrected chi connectivity index (χ1v) is 12.7. The van der Waals surface area contributed by atoms with Gasteiger partial charge in [-0.05, 0) is 36.5 Å². The summed E-state index contributed by atoms with van der Waals surface area (Å²) in [6, 6.07) is 18.6. The Morgan fingerprint density at radius 2 is 1.77 bits per heavy atom. The zero-order valence-electron chi connectivity index (χ0n) is 21.0. The Bertz CT molecular complexity index is 977. The maximum atomic E-state index is 13.5. The molecule has 2 heterocycles. The largest absolute Gasteiger partial charge is 0.375 e. The van der Waals surface area contributed by atoms with Gasteiger partial charge in [-0.15, -0.1) is 0 Å². The van der Waals surface area contributed by atoms with Crippen molar-refractivity contribution in [1.29, 1.82) is 0 Å². The lowest BCUT2D eigenvalue weighted by Crippen LogP contribution is -2.53. The molecule has 188 valence electrons. The minimum atomic E-state index is -0.433. The lowest BCUT2D eigenvalue weighted by atomic mass is 10.0. The van der Waals surface area contributed by atoms with E-state index < -0.39 is 6.04 Å². The number of carbonyl (C=O) groups is 2. The molecule has 2 aromatic carbocycles. The van der Waals surface area contributed by atoms with Crippen LogP contribution in [0.4, 0.5) is 0 Å². The molecule has 0 radical (unpaired) electrons. The number of likely N-dealkylation sites (tertiary alicyclic amines) is 1. The first-order chi connectivity index (χ1) is 17.1. The van der Waals surface area contributed by atoms with Gasteiger partial charge < -0.3 is 19.9 Å². The van der Waals surface area contributed by atoms with E-state index in [2.05, 4.69) is 65.7 Å². The highest BCUT2D eigenvalue weighted by atomic mass is 16.5. The SMILES string of the molecule is COCC(=O)N1CC(N(CCc2ccccc2)Cc2ccccc2C)CC1C(=O)N1CCNCC1. The Balaban J connectivity index is 1.55. The summed E-state index contributed by atoms with van der Waals surface area (Å²) in [5.74, 6) is -0.0419. The lowest BCUT2D eigenvalue weighted by Gasteiger charge is -2.32. The second-order valence-electron chi connectivity index (χ2n) is 9.59. The average Bonchev–Trinajstić information content (AvgIpc) is 3.34. The molecule has 2 fully saturated rings. The molecule has 0 aliphatic carbocycles. The Labute approximate surface area is 209 Å². The molecule has 35 heavy (non-hydrogen) atoms. The van der Waals surface area contributed by atoms with Gasteiger partial charge in [0.2, 0.25) is 11.8 Å². The van der Waals surface area contributed by atoms with Crippen LogP contribution in [0.5, 0.6) is 0 Å². The van der Waals surface area contributed by atoms with Crippen LogP contribution in [0.15, 0.2) is 54.6 Å². The van der Waals surface area contributed by atoms with E-state index in [1.54, 1.807) is 4.90 Å². The number of piperazine rings is 1. The number of nitrogens with one attached hydrogen (secondary N) is 1. The predicted molar refractivity (Wildman–Crippen MR) is 137 cm³/mol. The third-order valence-corrected chi connectivity index (χ3v) is 7.26. The number of nitrogens with zero attached hydrogens (tertiary/aromatic N) is 3. The highest BCUT2D eigenvalue weighted by molar-refractivity contribution is 5.89.